The molecule has 108 valence electrons. The molecule has 2 rings (SSSR count). The van der Waals surface area contributed by atoms with Gasteiger partial charge in [-0.2, -0.15) is 13.2 Å². The molecule has 0 saturated heterocycles. The molecule has 0 amide bonds. The lowest BCUT2D eigenvalue weighted by atomic mass is 9.99. The molecule has 1 aromatic carbocycles. The van der Waals surface area contributed by atoms with Crippen LogP contribution >= 0.6 is 0 Å². The van der Waals surface area contributed by atoms with Gasteiger partial charge in [-0.3, -0.25) is 16.3 Å². The quantitative estimate of drug-likeness (QED) is 0.655. The number of pyridine rings is 1. The fraction of sp³-hybridized carbons (Fsp3) is 0.357. The van der Waals surface area contributed by atoms with E-state index in [4.69, 9.17) is 5.84 Å². The Hall–Kier alpha value is -1.66. The van der Waals surface area contributed by atoms with Gasteiger partial charge in [-0.05, 0) is 30.5 Å². The Kier molecular flexibility index (Phi) is 4.57. The van der Waals surface area contributed by atoms with Crippen LogP contribution in [0, 0.1) is 0 Å². The number of aromatic nitrogens is 1. The summed E-state index contributed by atoms with van der Waals surface area (Å²) in [6.45, 7) is 0. The van der Waals surface area contributed by atoms with Crippen LogP contribution in [0.5, 0.6) is 0 Å². The van der Waals surface area contributed by atoms with Gasteiger partial charge in [-0.15, -0.1) is 0 Å². The van der Waals surface area contributed by atoms with Gasteiger partial charge < -0.3 is 0 Å². The Morgan fingerprint density at radius 1 is 1.20 bits per heavy atom. The van der Waals surface area contributed by atoms with Gasteiger partial charge in [0.25, 0.3) is 0 Å². The average molecular weight is 283 g/mol. The highest BCUT2D eigenvalue weighted by molar-refractivity contribution is 5.81. The van der Waals surface area contributed by atoms with Crippen molar-refractivity contribution in [1.29, 1.82) is 0 Å². The standard InChI is InChI=1S/C14H16F3N3/c15-14(16,17)7-5-11(20-18)9-10-6-8-19-13-4-2-1-3-12(10)13/h1-4,6,8,11,20H,5,7,9,18H2. The highest BCUT2D eigenvalue weighted by Gasteiger charge is 2.28. The molecular weight excluding hydrogens is 267 g/mol. The lowest BCUT2D eigenvalue weighted by Crippen LogP contribution is -2.37. The third-order valence-electron chi connectivity index (χ3n) is 3.22. The average Bonchev–Trinajstić information content (AvgIpc) is 2.42. The molecule has 0 radical (unpaired) electrons. The number of rotatable bonds is 5. The molecule has 1 aromatic heterocycles. The van der Waals surface area contributed by atoms with Crippen molar-refractivity contribution < 1.29 is 13.2 Å². The minimum Gasteiger partial charge on any atom is -0.271 e. The predicted molar refractivity (Wildman–Crippen MR) is 71.8 cm³/mol. The zero-order valence-electron chi connectivity index (χ0n) is 10.8. The molecule has 0 saturated carbocycles. The number of hydrogen-bond donors (Lipinski definition) is 2. The number of fused-ring (bicyclic) bond motifs is 1. The Morgan fingerprint density at radius 3 is 2.65 bits per heavy atom. The number of halogens is 3. The highest BCUT2D eigenvalue weighted by Crippen LogP contribution is 2.24. The fourth-order valence-electron chi connectivity index (χ4n) is 2.18. The molecule has 6 heteroatoms. The van der Waals surface area contributed by atoms with E-state index in [2.05, 4.69) is 10.4 Å². The summed E-state index contributed by atoms with van der Waals surface area (Å²) < 4.78 is 36.8. The van der Waals surface area contributed by atoms with Crippen molar-refractivity contribution in [3.05, 3.63) is 42.1 Å². The minimum absolute atomic E-state index is 0.0450. The number of hydrogen-bond acceptors (Lipinski definition) is 3. The molecule has 0 aliphatic carbocycles. The molecule has 1 heterocycles. The second kappa shape index (κ2) is 6.19. The first kappa shape index (κ1) is 14.7. The van der Waals surface area contributed by atoms with Gasteiger partial charge in [0.05, 0.1) is 5.52 Å². The fourth-order valence-corrected chi connectivity index (χ4v) is 2.18. The Labute approximate surface area is 115 Å². The van der Waals surface area contributed by atoms with E-state index >= 15 is 0 Å². The van der Waals surface area contributed by atoms with Gasteiger partial charge >= 0.3 is 6.18 Å². The summed E-state index contributed by atoms with van der Waals surface area (Å²) in [5, 5.41) is 0.947. The molecule has 3 N–H and O–H groups in total. The van der Waals surface area contributed by atoms with E-state index in [0.29, 0.717) is 6.42 Å². The first-order valence-electron chi connectivity index (χ1n) is 6.35. The summed E-state index contributed by atoms with van der Waals surface area (Å²) in [5.41, 5.74) is 4.24. The predicted octanol–water partition coefficient (Wildman–Crippen LogP) is 2.95. The smallest absolute Gasteiger partial charge is 0.271 e. The van der Waals surface area contributed by atoms with Crippen molar-refractivity contribution in [2.45, 2.75) is 31.5 Å². The van der Waals surface area contributed by atoms with E-state index in [9.17, 15) is 13.2 Å². The molecule has 1 atom stereocenters. The van der Waals surface area contributed by atoms with Gasteiger partial charge in [-0.25, -0.2) is 0 Å². The highest BCUT2D eigenvalue weighted by atomic mass is 19.4. The molecule has 20 heavy (non-hydrogen) atoms. The van der Waals surface area contributed by atoms with Crippen molar-refractivity contribution in [2.24, 2.45) is 5.84 Å². The first-order valence-corrected chi connectivity index (χ1v) is 6.35. The normalized spacial score (nSPS) is 13.6. The Bertz CT molecular complexity index is 564. The van der Waals surface area contributed by atoms with Crippen molar-refractivity contribution in [3.8, 4) is 0 Å². The molecular formula is C14H16F3N3. The van der Waals surface area contributed by atoms with Crippen LogP contribution in [-0.2, 0) is 6.42 Å². The number of hydrazine groups is 1. The molecule has 1 unspecified atom stereocenters. The minimum atomic E-state index is -4.16. The number of para-hydroxylation sites is 1. The third kappa shape index (κ3) is 3.91. The summed E-state index contributed by atoms with van der Waals surface area (Å²) >= 11 is 0. The van der Waals surface area contributed by atoms with E-state index in [1.54, 1.807) is 6.20 Å². The summed E-state index contributed by atoms with van der Waals surface area (Å²) in [7, 11) is 0. The lowest BCUT2D eigenvalue weighted by Gasteiger charge is -2.17. The van der Waals surface area contributed by atoms with Crippen molar-refractivity contribution in [2.75, 3.05) is 0 Å². The van der Waals surface area contributed by atoms with Gasteiger partial charge in [0.1, 0.15) is 0 Å². The number of alkyl halides is 3. The Balaban J connectivity index is 2.13. The molecule has 0 fully saturated rings. The zero-order valence-corrected chi connectivity index (χ0v) is 10.8. The van der Waals surface area contributed by atoms with Gasteiger partial charge in [0.2, 0.25) is 0 Å². The maximum Gasteiger partial charge on any atom is 0.389 e. The van der Waals surface area contributed by atoms with E-state index in [0.717, 1.165) is 16.5 Å². The molecule has 2 aromatic rings. The van der Waals surface area contributed by atoms with Crippen LogP contribution in [0.25, 0.3) is 10.9 Å². The molecule has 3 nitrogen and oxygen atoms in total. The number of nitrogens with zero attached hydrogens (tertiary/aromatic N) is 1. The summed E-state index contributed by atoms with van der Waals surface area (Å²) in [6.07, 6.45) is -2.94. The summed E-state index contributed by atoms with van der Waals surface area (Å²) in [5.74, 6) is 5.36. The van der Waals surface area contributed by atoms with E-state index in [1.807, 2.05) is 30.3 Å². The number of nitrogens with one attached hydrogen (secondary N) is 1. The molecule has 0 bridgehead atoms. The van der Waals surface area contributed by atoms with Crippen LogP contribution in [0.4, 0.5) is 13.2 Å². The van der Waals surface area contributed by atoms with Crippen LogP contribution in [0.1, 0.15) is 18.4 Å². The van der Waals surface area contributed by atoms with Gasteiger partial charge in [-0.1, -0.05) is 18.2 Å². The van der Waals surface area contributed by atoms with Crippen molar-refractivity contribution >= 4 is 10.9 Å². The zero-order chi connectivity index (χ0) is 14.6. The molecule has 0 aliphatic rings. The van der Waals surface area contributed by atoms with Crippen LogP contribution in [-0.4, -0.2) is 17.2 Å². The summed E-state index contributed by atoms with van der Waals surface area (Å²) in [6, 6.07) is 8.95. The lowest BCUT2D eigenvalue weighted by molar-refractivity contribution is -0.136. The topological polar surface area (TPSA) is 50.9 Å². The Morgan fingerprint density at radius 2 is 1.95 bits per heavy atom. The van der Waals surface area contributed by atoms with Crippen molar-refractivity contribution in [3.63, 3.8) is 0 Å². The van der Waals surface area contributed by atoms with Gasteiger partial charge in [0.15, 0.2) is 0 Å². The van der Waals surface area contributed by atoms with Crippen LogP contribution in [0.15, 0.2) is 36.5 Å². The van der Waals surface area contributed by atoms with E-state index in [1.165, 1.54) is 0 Å². The van der Waals surface area contributed by atoms with Crippen molar-refractivity contribution in [1.82, 2.24) is 10.4 Å². The van der Waals surface area contributed by atoms with Crippen LogP contribution < -0.4 is 11.3 Å². The molecule has 0 spiro atoms. The maximum atomic E-state index is 12.3. The first-order chi connectivity index (χ1) is 9.49. The van der Waals surface area contributed by atoms with E-state index in [-0.39, 0.29) is 6.42 Å². The SMILES string of the molecule is NNC(CCC(F)(F)F)Cc1ccnc2ccccc12. The summed E-state index contributed by atoms with van der Waals surface area (Å²) in [4.78, 5) is 4.23. The second-order valence-electron chi connectivity index (χ2n) is 4.71. The third-order valence-corrected chi connectivity index (χ3v) is 3.22. The van der Waals surface area contributed by atoms with Crippen LogP contribution in [0.3, 0.4) is 0 Å². The second-order valence-corrected chi connectivity index (χ2v) is 4.71. The van der Waals surface area contributed by atoms with Gasteiger partial charge in [0, 0.05) is 24.0 Å². The molecule has 0 aliphatic heterocycles. The maximum absolute atomic E-state index is 12.3. The number of benzene rings is 1. The van der Waals surface area contributed by atoms with E-state index < -0.39 is 18.6 Å². The van der Waals surface area contributed by atoms with Crippen LogP contribution in [0.2, 0.25) is 0 Å². The number of nitrogens with two attached hydrogens (primary N) is 1. The largest absolute Gasteiger partial charge is 0.389 e. The monoisotopic (exact) mass is 283 g/mol.